The van der Waals surface area contributed by atoms with Crippen molar-refractivity contribution in [2.45, 2.75) is 117 Å². The van der Waals surface area contributed by atoms with Gasteiger partial charge in [-0.1, -0.05) is 84.1 Å². The molecule has 0 aliphatic rings. The third-order valence-electron chi connectivity index (χ3n) is 5.49. The smallest absolute Gasteiger partial charge is 0.119 e. The number of benzene rings is 1. The Balaban J connectivity index is 2.49. The number of ether oxygens (including phenoxy) is 1. The van der Waals surface area contributed by atoms with Crippen LogP contribution in [0.4, 0.5) is 0 Å². The summed E-state index contributed by atoms with van der Waals surface area (Å²) in [4.78, 5) is 0. The van der Waals surface area contributed by atoms with E-state index in [9.17, 15) is 0 Å². The monoisotopic (exact) mass is 390 g/mol. The van der Waals surface area contributed by atoms with E-state index in [0.717, 1.165) is 18.6 Å². The highest BCUT2D eigenvalue weighted by Crippen LogP contribution is 2.22. The lowest BCUT2D eigenvalue weighted by Gasteiger charge is -2.12. The standard InChI is InChI=1S/C26H46O2/c1-3-5-7-9-11-13-17-24-21-25(18-14-12-10-8-6-4-2)23-26(22-24)28-20-16-15-19-27/h21-23,27H,3-20H2,1-2H3. The first-order valence-electron chi connectivity index (χ1n) is 12.2. The quantitative estimate of drug-likeness (QED) is 0.246. The van der Waals surface area contributed by atoms with Crippen LogP contribution in [0.5, 0.6) is 5.75 Å². The van der Waals surface area contributed by atoms with Crippen LogP contribution in [0.15, 0.2) is 18.2 Å². The maximum absolute atomic E-state index is 8.95. The molecule has 2 heteroatoms. The van der Waals surface area contributed by atoms with E-state index in [0.29, 0.717) is 6.61 Å². The Morgan fingerprint density at radius 1 is 0.607 bits per heavy atom. The molecule has 1 aromatic carbocycles. The average Bonchev–Trinajstić information content (AvgIpc) is 2.70. The van der Waals surface area contributed by atoms with E-state index in [1.165, 1.54) is 101 Å². The van der Waals surface area contributed by atoms with Gasteiger partial charge in [0.15, 0.2) is 0 Å². The number of aliphatic hydroxyl groups excluding tert-OH is 1. The largest absolute Gasteiger partial charge is 0.494 e. The van der Waals surface area contributed by atoms with E-state index in [2.05, 4.69) is 32.0 Å². The van der Waals surface area contributed by atoms with Crippen LogP contribution in [0.1, 0.15) is 115 Å². The van der Waals surface area contributed by atoms with Gasteiger partial charge in [0.1, 0.15) is 5.75 Å². The Hall–Kier alpha value is -1.02. The summed E-state index contributed by atoms with van der Waals surface area (Å²) in [6.45, 7) is 5.51. The number of unbranched alkanes of at least 4 members (excludes halogenated alkanes) is 11. The Morgan fingerprint density at radius 3 is 1.61 bits per heavy atom. The molecule has 2 nitrogen and oxygen atoms in total. The topological polar surface area (TPSA) is 29.5 Å². The predicted octanol–water partition coefficient (Wildman–Crippen LogP) is 7.64. The number of aryl methyl sites for hydroxylation is 2. The first-order valence-corrected chi connectivity index (χ1v) is 12.2. The molecule has 0 unspecified atom stereocenters. The average molecular weight is 391 g/mol. The van der Waals surface area contributed by atoms with E-state index >= 15 is 0 Å². The summed E-state index contributed by atoms with van der Waals surface area (Å²) in [5.41, 5.74) is 2.88. The summed E-state index contributed by atoms with van der Waals surface area (Å²) in [6.07, 6.45) is 20.2. The minimum absolute atomic E-state index is 0.255. The summed E-state index contributed by atoms with van der Waals surface area (Å²) >= 11 is 0. The number of hydrogen-bond donors (Lipinski definition) is 1. The van der Waals surface area contributed by atoms with Crippen molar-refractivity contribution >= 4 is 0 Å². The Morgan fingerprint density at radius 2 is 1.11 bits per heavy atom. The summed E-state index contributed by atoms with van der Waals surface area (Å²) < 4.78 is 6.00. The third-order valence-corrected chi connectivity index (χ3v) is 5.49. The minimum atomic E-state index is 0.255. The summed E-state index contributed by atoms with van der Waals surface area (Å²) in [7, 11) is 0. The third kappa shape index (κ3) is 13.2. The van der Waals surface area contributed by atoms with Gasteiger partial charge in [-0.3, -0.25) is 0 Å². The lowest BCUT2D eigenvalue weighted by atomic mass is 9.99. The molecule has 0 fully saturated rings. The molecule has 0 aromatic heterocycles. The molecule has 0 spiro atoms. The Bertz CT molecular complexity index is 435. The maximum atomic E-state index is 8.95. The molecule has 0 atom stereocenters. The number of hydrogen-bond acceptors (Lipinski definition) is 2. The van der Waals surface area contributed by atoms with Gasteiger partial charge in [-0.25, -0.2) is 0 Å². The minimum Gasteiger partial charge on any atom is -0.494 e. The molecular formula is C26H46O2. The molecule has 1 N–H and O–H groups in total. The van der Waals surface area contributed by atoms with Gasteiger partial charge in [-0.2, -0.15) is 0 Å². The van der Waals surface area contributed by atoms with Crippen molar-refractivity contribution in [3.05, 3.63) is 29.3 Å². The zero-order valence-corrected chi connectivity index (χ0v) is 18.8. The van der Waals surface area contributed by atoms with Gasteiger partial charge in [-0.05, 0) is 61.8 Å². The van der Waals surface area contributed by atoms with Crippen molar-refractivity contribution in [2.75, 3.05) is 13.2 Å². The Labute approximate surface area is 175 Å². The van der Waals surface area contributed by atoms with Crippen LogP contribution in [0.3, 0.4) is 0 Å². The normalized spacial score (nSPS) is 11.1. The highest BCUT2D eigenvalue weighted by atomic mass is 16.5. The molecule has 0 radical (unpaired) electrons. The van der Waals surface area contributed by atoms with E-state index in [4.69, 9.17) is 9.84 Å². The zero-order valence-electron chi connectivity index (χ0n) is 18.8. The van der Waals surface area contributed by atoms with Crippen LogP contribution in [0.25, 0.3) is 0 Å². The Kier molecular flexibility index (Phi) is 16.1. The van der Waals surface area contributed by atoms with E-state index < -0.39 is 0 Å². The van der Waals surface area contributed by atoms with Crippen LogP contribution in [0, 0.1) is 0 Å². The SMILES string of the molecule is CCCCCCCCc1cc(CCCCCCCC)cc(OCCCCO)c1. The lowest BCUT2D eigenvalue weighted by molar-refractivity contribution is 0.253. The fourth-order valence-corrected chi connectivity index (χ4v) is 3.72. The van der Waals surface area contributed by atoms with Gasteiger partial charge in [0.05, 0.1) is 6.61 Å². The first kappa shape index (κ1) is 25.0. The molecule has 0 bridgehead atoms. The van der Waals surface area contributed by atoms with Crippen LogP contribution >= 0.6 is 0 Å². The lowest BCUT2D eigenvalue weighted by Crippen LogP contribution is -2.01. The van der Waals surface area contributed by atoms with Crippen molar-refractivity contribution in [1.82, 2.24) is 0 Å². The fraction of sp³-hybridized carbons (Fsp3) is 0.769. The first-order chi connectivity index (χ1) is 13.8. The predicted molar refractivity (Wildman–Crippen MR) is 122 cm³/mol. The summed E-state index contributed by atoms with van der Waals surface area (Å²) in [5.74, 6) is 1.03. The van der Waals surface area contributed by atoms with E-state index in [1.54, 1.807) is 0 Å². The molecule has 162 valence electrons. The van der Waals surface area contributed by atoms with Crippen molar-refractivity contribution in [2.24, 2.45) is 0 Å². The van der Waals surface area contributed by atoms with Crippen LogP contribution in [-0.4, -0.2) is 18.3 Å². The van der Waals surface area contributed by atoms with Gasteiger partial charge >= 0.3 is 0 Å². The molecule has 0 saturated carbocycles. The highest BCUT2D eigenvalue weighted by molar-refractivity contribution is 5.34. The van der Waals surface area contributed by atoms with Gasteiger partial charge in [0, 0.05) is 6.61 Å². The summed E-state index contributed by atoms with van der Waals surface area (Å²) in [5, 5.41) is 8.95. The van der Waals surface area contributed by atoms with Crippen molar-refractivity contribution in [1.29, 1.82) is 0 Å². The second-order valence-corrected chi connectivity index (χ2v) is 8.30. The number of aliphatic hydroxyl groups is 1. The van der Waals surface area contributed by atoms with Crippen LogP contribution in [0.2, 0.25) is 0 Å². The van der Waals surface area contributed by atoms with Gasteiger partial charge in [0.2, 0.25) is 0 Å². The fourth-order valence-electron chi connectivity index (χ4n) is 3.72. The number of rotatable bonds is 19. The van der Waals surface area contributed by atoms with Gasteiger partial charge in [0.25, 0.3) is 0 Å². The highest BCUT2D eigenvalue weighted by Gasteiger charge is 2.04. The molecule has 28 heavy (non-hydrogen) atoms. The molecular weight excluding hydrogens is 344 g/mol. The van der Waals surface area contributed by atoms with Crippen molar-refractivity contribution in [3.8, 4) is 5.75 Å². The van der Waals surface area contributed by atoms with Crippen LogP contribution < -0.4 is 4.74 Å². The molecule has 0 aliphatic carbocycles. The van der Waals surface area contributed by atoms with Crippen molar-refractivity contribution in [3.63, 3.8) is 0 Å². The molecule has 0 amide bonds. The van der Waals surface area contributed by atoms with E-state index in [1.807, 2.05) is 0 Å². The second-order valence-electron chi connectivity index (χ2n) is 8.30. The van der Waals surface area contributed by atoms with Crippen LogP contribution in [-0.2, 0) is 12.8 Å². The van der Waals surface area contributed by atoms with Crippen molar-refractivity contribution < 1.29 is 9.84 Å². The molecule has 1 aromatic rings. The summed E-state index contributed by atoms with van der Waals surface area (Å²) in [6, 6.07) is 6.91. The molecule has 0 aliphatic heterocycles. The molecule has 0 heterocycles. The molecule has 1 rings (SSSR count). The molecule has 0 saturated heterocycles. The van der Waals surface area contributed by atoms with Gasteiger partial charge < -0.3 is 9.84 Å². The zero-order chi connectivity index (χ0) is 20.3. The van der Waals surface area contributed by atoms with Gasteiger partial charge in [-0.15, -0.1) is 0 Å². The maximum Gasteiger partial charge on any atom is 0.119 e. The second kappa shape index (κ2) is 18.0. The van der Waals surface area contributed by atoms with E-state index in [-0.39, 0.29) is 6.61 Å².